The molecular formula is C12H15IN4O. The largest absolute Gasteiger partial charge is 0.304 e. The minimum Gasteiger partial charge on any atom is -0.304 e. The molecule has 0 aliphatic rings. The first-order valence-electron chi connectivity index (χ1n) is 5.98. The predicted octanol–water partition coefficient (Wildman–Crippen LogP) is 2.21. The number of aryl methyl sites for hydroxylation is 2. The Morgan fingerprint density at radius 3 is 2.89 bits per heavy atom. The van der Waals surface area contributed by atoms with E-state index in [-0.39, 0.29) is 5.56 Å². The minimum absolute atomic E-state index is 0.0818. The maximum absolute atomic E-state index is 11.9. The molecule has 0 aromatic carbocycles. The maximum Gasteiger partial charge on any atom is 0.264 e. The van der Waals surface area contributed by atoms with Gasteiger partial charge in [0.25, 0.3) is 5.56 Å². The highest BCUT2D eigenvalue weighted by atomic mass is 127. The van der Waals surface area contributed by atoms with Gasteiger partial charge >= 0.3 is 0 Å². The van der Waals surface area contributed by atoms with E-state index in [9.17, 15) is 4.79 Å². The van der Waals surface area contributed by atoms with E-state index < -0.39 is 0 Å². The van der Waals surface area contributed by atoms with E-state index in [1.165, 1.54) is 0 Å². The number of nitrogens with zero attached hydrogens (tertiary/aromatic N) is 3. The van der Waals surface area contributed by atoms with Crippen molar-refractivity contribution in [2.45, 2.75) is 33.2 Å². The fourth-order valence-corrected chi connectivity index (χ4v) is 2.42. The van der Waals surface area contributed by atoms with Crippen molar-refractivity contribution in [3.05, 3.63) is 31.9 Å². The van der Waals surface area contributed by atoms with Gasteiger partial charge in [-0.25, -0.2) is 4.98 Å². The second-order valence-electron chi connectivity index (χ2n) is 3.97. The van der Waals surface area contributed by atoms with Crippen LogP contribution in [0, 0.1) is 3.57 Å². The summed E-state index contributed by atoms with van der Waals surface area (Å²) in [5.74, 6) is 0.600. The van der Waals surface area contributed by atoms with Gasteiger partial charge in [-0.1, -0.05) is 13.8 Å². The Hall–Kier alpha value is -1.18. The molecule has 6 heteroatoms. The summed E-state index contributed by atoms with van der Waals surface area (Å²) in [6, 6.07) is 1.88. The minimum atomic E-state index is -0.0818. The lowest BCUT2D eigenvalue weighted by molar-refractivity contribution is 0.606. The molecule has 1 N–H and O–H groups in total. The molecule has 18 heavy (non-hydrogen) atoms. The van der Waals surface area contributed by atoms with Gasteiger partial charge in [0, 0.05) is 12.7 Å². The molecule has 2 aromatic heterocycles. The summed E-state index contributed by atoms with van der Waals surface area (Å²) in [7, 11) is 0. The number of aromatic nitrogens is 4. The van der Waals surface area contributed by atoms with Crippen LogP contribution in [0.4, 0.5) is 0 Å². The van der Waals surface area contributed by atoms with E-state index in [1.807, 2.05) is 40.3 Å². The van der Waals surface area contributed by atoms with Gasteiger partial charge < -0.3 is 4.98 Å². The number of hydrogen-bond donors (Lipinski definition) is 1. The SMILES string of the molecule is CCCn1nccc1-c1nc(CC)c(I)c(=O)[nH]1. The van der Waals surface area contributed by atoms with Crippen molar-refractivity contribution in [3.8, 4) is 11.5 Å². The molecule has 0 saturated heterocycles. The van der Waals surface area contributed by atoms with Crippen molar-refractivity contribution in [2.24, 2.45) is 0 Å². The molecule has 0 aliphatic heterocycles. The van der Waals surface area contributed by atoms with Crippen molar-refractivity contribution >= 4 is 22.6 Å². The third kappa shape index (κ3) is 2.47. The second kappa shape index (κ2) is 5.64. The quantitative estimate of drug-likeness (QED) is 0.853. The topological polar surface area (TPSA) is 63.6 Å². The molecule has 2 aromatic rings. The molecule has 0 atom stereocenters. The van der Waals surface area contributed by atoms with Gasteiger partial charge in [-0.15, -0.1) is 0 Å². The lowest BCUT2D eigenvalue weighted by Gasteiger charge is -2.07. The van der Waals surface area contributed by atoms with Crippen LogP contribution in [0.15, 0.2) is 17.1 Å². The molecular weight excluding hydrogens is 343 g/mol. The number of halogens is 1. The molecule has 2 rings (SSSR count). The summed E-state index contributed by atoms with van der Waals surface area (Å²) in [6.45, 7) is 4.91. The van der Waals surface area contributed by atoms with E-state index >= 15 is 0 Å². The number of rotatable bonds is 4. The number of hydrogen-bond acceptors (Lipinski definition) is 3. The van der Waals surface area contributed by atoms with Crippen molar-refractivity contribution < 1.29 is 0 Å². The van der Waals surface area contributed by atoms with Crippen LogP contribution in [0.25, 0.3) is 11.5 Å². The molecule has 0 spiro atoms. The molecule has 0 fully saturated rings. The molecule has 0 unspecified atom stereocenters. The first-order chi connectivity index (χ1) is 8.67. The summed E-state index contributed by atoms with van der Waals surface area (Å²) in [4.78, 5) is 19.2. The number of aromatic amines is 1. The van der Waals surface area contributed by atoms with Crippen molar-refractivity contribution in [1.29, 1.82) is 0 Å². The van der Waals surface area contributed by atoms with Gasteiger partial charge in [0.1, 0.15) is 5.69 Å². The molecule has 2 heterocycles. The second-order valence-corrected chi connectivity index (χ2v) is 5.05. The van der Waals surface area contributed by atoms with Crippen LogP contribution in [0.1, 0.15) is 26.0 Å². The smallest absolute Gasteiger partial charge is 0.264 e. The Balaban J connectivity index is 2.54. The Morgan fingerprint density at radius 2 is 2.22 bits per heavy atom. The maximum atomic E-state index is 11.9. The number of nitrogens with one attached hydrogen (secondary N) is 1. The van der Waals surface area contributed by atoms with E-state index in [0.29, 0.717) is 9.39 Å². The molecule has 5 nitrogen and oxygen atoms in total. The van der Waals surface area contributed by atoms with Crippen LogP contribution in [-0.4, -0.2) is 19.7 Å². The first kappa shape index (κ1) is 13.3. The van der Waals surface area contributed by atoms with Gasteiger partial charge in [0.15, 0.2) is 5.82 Å². The molecule has 0 saturated carbocycles. The van der Waals surface area contributed by atoms with Crippen LogP contribution >= 0.6 is 22.6 Å². The van der Waals surface area contributed by atoms with Crippen LogP contribution in [0.2, 0.25) is 0 Å². The van der Waals surface area contributed by atoms with Gasteiger partial charge in [-0.2, -0.15) is 5.10 Å². The molecule has 0 bridgehead atoms. The van der Waals surface area contributed by atoms with Gasteiger partial charge in [0.2, 0.25) is 0 Å². The third-order valence-corrected chi connectivity index (χ3v) is 3.77. The van der Waals surface area contributed by atoms with E-state index in [0.717, 1.165) is 30.8 Å². The summed E-state index contributed by atoms with van der Waals surface area (Å²) < 4.78 is 2.53. The zero-order valence-corrected chi connectivity index (χ0v) is 12.6. The fourth-order valence-electron chi connectivity index (χ4n) is 1.78. The van der Waals surface area contributed by atoms with Crippen molar-refractivity contribution in [2.75, 3.05) is 0 Å². The van der Waals surface area contributed by atoms with E-state index in [1.54, 1.807) is 6.20 Å². The van der Waals surface area contributed by atoms with E-state index in [4.69, 9.17) is 0 Å². The average molecular weight is 358 g/mol. The zero-order chi connectivity index (χ0) is 13.1. The monoisotopic (exact) mass is 358 g/mol. The lowest BCUT2D eigenvalue weighted by Crippen LogP contribution is -2.17. The third-order valence-electron chi connectivity index (χ3n) is 2.66. The van der Waals surface area contributed by atoms with E-state index in [2.05, 4.69) is 22.0 Å². The van der Waals surface area contributed by atoms with Crippen molar-refractivity contribution in [1.82, 2.24) is 19.7 Å². The lowest BCUT2D eigenvalue weighted by atomic mass is 10.3. The summed E-state index contributed by atoms with van der Waals surface area (Å²) >= 11 is 2.04. The normalized spacial score (nSPS) is 10.8. The Labute approximate surface area is 119 Å². The van der Waals surface area contributed by atoms with Crippen molar-refractivity contribution in [3.63, 3.8) is 0 Å². The Morgan fingerprint density at radius 1 is 1.44 bits per heavy atom. The fraction of sp³-hybridized carbons (Fsp3) is 0.417. The summed E-state index contributed by atoms with van der Waals surface area (Å²) in [6.07, 6.45) is 3.47. The molecule has 96 valence electrons. The van der Waals surface area contributed by atoms with Crippen LogP contribution in [0.5, 0.6) is 0 Å². The van der Waals surface area contributed by atoms with Gasteiger partial charge in [0.05, 0.1) is 9.26 Å². The zero-order valence-electron chi connectivity index (χ0n) is 10.4. The molecule has 0 aliphatic carbocycles. The highest BCUT2D eigenvalue weighted by Gasteiger charge is 2.12. The van der Waals surface area contributed by atoms with Crippen LogP contribution in [-0.2, 0) is 13.0 Å². The first-order valence-corrected chi connectivity index (χ1v) is 7.06. The Bertz CT molecular complexity index is 602. The highest BCUT2D eigenvalue weighted by Crippen LogP contribution is 2.15. The average Bonchev–Trinajstić information content (AvgIpc) is 2.81. The molecule has 0 amide bonds. The Kier molecular flexibility index (Phi) is 4.15. The predicted molar refractivity (Wildman–Crippen MR) is 78.5 cm³/mol. The van der Waals surface area contributed by atoms with Crippen LogP contribution in [0.3, 0.4) is 0 Å². The summed E-state index contributed by atoms with van der Waals surface area (Å²) in [5.41, 5.74) is 1.61. The summed E-state index contributed by atoms with van der Waals surface area (Å²) in [5, 5.41) is 4.24. The van der Waals surface area contributed by atoms with Gasteiger partial charge in [-0.3, -0.25) is 9.48 Å². The number of H-pyrrole nitrogens is 1. The van der Waals surface area contributed by atoms with Gasteiger partial charge in [-0.05, 0) is 41.5 Å². The van der Waals surface area contributed by atoms with Crippen LogP contribution < -0.4 is 5.56 Å². The molecule has 0 radical (unpaired) electrons. The highest BCUT2D eigenvalue weighted by molar-refractivity contribution is 14.1. The standard InChI is InChI=1S/C12H15IN4O/c1-3-7-17-9(5-6-14-17)11-15-8(4-2)10(13)12(18)16-11/h5-6H,3-4,7H2,1-2H3,(H,15,16,18).